The first kappa shape index (κ1) is 20.1. The number of hydrogen-bond acceptors (Lipinski definition) is 6. The number of nitrogens with one attached hydrogen (secondary N) is 2. The van der Waals surface area contributed by atoms with Crippen molar-refractivity contribution in [3.05, 3.63) is 54.0 Å². The summed E-state index contributed by atoms with van der Waals surface area (Å²) in [5, 5.41) is 11.3. The Hall–Kier alpha value is -2.25. The van der Waals surface area contributed by atoms with Crippen LogP contribution in [0.4, 0.5) is 15.9 Å². The van der Waals surface area contributed by atoms with Crippen LogP contribution in [0, 0.1) is 9.39 Å². The molecule has 1 aromatic carbocycles. The van der Waals surface area contributed by atoms with Gasteiger partial charge in [0.15, 0.2) is 0 Å². The molecule has 0 bridgehead atoms. The third-order valence-corrected chi connectivity index (χ3v) is 4.11. The van der Waals surface area contributed by atoms with E-state index in [0.29, 0.717) is 3.57 Å². The molecular weight excluding hydrogens is 462 g/mol. The van der Waals surface area contributed by atoms with Gasteiger partial charge >= 0.3 is 5.69 Å². The molecule has 0 fully saturated rings. The average Bonchev–Trinajstić information content (AvgIpc) is 2.60. The van der Waals surface area contributed by atoms with Gasteiger partial charge in [0.2, 0.25) is 0 Å². The highest BCUT2D eigenvalue weighted by atomic mass is 127. The number of anilines is 2. The molecule has 140 valence electrons. The van der Waals surface area contributed by atoms with Crippen molar-refractivity contribution in [2.45, 2.75) is 0 Å². The lowest BCUT2D eigenvalue weighted by Gasteiger charge is -2.17. The number of aliphatic hydroxyl groups is 1. The standard InChI is InChI=1S/C15H16FIN4O5/c1-20-12(18-10-4-3-8(17)7-9(10)16)11(13(23)19-26-6-5-22)14(24)21(2)15(20)25/h3-4,7,18,22H,5-6H2,1-2H3,(H,19,23). The smallest absolute Gasteiger partial charge is 0.332 e. The summed E-state index contributed by atoms with van der Waals surface area (Å²) < 4.78 is 16.6. The highest BCUT2D eigenvalue weighted by Crippen LogP contribution is 2.22. The number of rotatable bonds is 6. The maximum absolute atomic E-state index is 14.1. The second-order valence-electron chi connectivity index (χ2n) is 5.18. The molecule has 2 aromatic rings. The van der Waals surface area contributed by atoms with E-state index in [9.17, 15) is 18.8 Å². The van der Waals surface area contributed by atoms with E-state index < -0.39 is 28.5 Å². The molecule has 0 saturated carbocycles. The van der Waals surface area contributed by atoms with Gasteiger partial charge < -0.3 is 10.4 Å². The first-order chi connectivity index (χ1) is 12.3. The van der Waals surface area contributed by atoms with Crippen molar-refractivity contribution in [2.75, 3.05) is 18.5 Å². The average molecular weight is 478 g/mol. The Morgan fingerprint density at radius 2 is 2.00 bits per heavy atom. The molecule has 0 aliphatic carbocycles. The Morgan fingerprint density at radius 1 is 1.31 bits per heavy atom. The fraction of sp³-hybridized carbons (Fsp3) is 0.267. The largest absolute Gasteiger partial charge is 0.394 e. The van der Waals surface area contributed by atoms with Crippen LogP contribution < -0.4 is 22.0 Å². The zero-order valence-electron chi connectivity index (χ0n) is 13.9. The lowest BCUT2D eigenvalue weighted by atomic mass is 10.2. The van der Waals surface area contributed by atoms with Gasteiger partial charge in [0.05, 0.1) is 18.9 Å². The number of nitrogens with zero attached hydrogens (tertiary/aromatic N) is 2. The van der Waals surface area contributed by atoms with Crippen LogP contribution in [0.5, 0.6) is 0 Å². The van der Waals surface area contributed by atoms with Gasteiger partial charge in [-0.15, -0.1) is 0 Å². The summed E-state index contributed by atoms with van der Waals surface area (Å²) in [6, 6.07) is 4.30. The van der Waals surface area contributed by atoms with E-state index >= 15 is 0 Å². The van der Waals surface area contributed by atoms with Gasteiger partial charge in [-0.05, 0) is 40.8 Å². The number of hydroxylamine groups is 1. The van der Waals surface area contributed by atoms with E-state index in [-0.39, 0.29) is 24.7 Å². The maximum Gasteiger partial charge on any atom is 0.332 e. The van der Waals surface area contributed by atoms with Gasteiger partial charge in [-0.2, -0.15) is 0 Å². The van der Waals surface area contributed by atoms with E-state index in [0.717, 1.165) is 9.13 Å². The zero-order valence-corrected chi connectivity index (χ0v) is 16.0. The van der Waals surface area contributed by atoms with E-state index in [1.54, 1.807) is 6.07 Å². The molecule has 0 aliphatic rings. The van der Waals surface area contributed by atoms with Crippen molar-refractivity contribution in [2.24, 2.45) is 14.1 Å². The Morgan fingerprint density at radius 3 is 2.62 bits per heavy atom. The predicted molar refractivity (Wildman–Crippen MR) is 99.8 cm³/mol. The summed E-state index contributed by atoms with van der Waals surface area (Å²) in [5.74, 6) is -1.75. The molecule has 0 unspecified atom stereocenters. The number of carbonyl (C=O) groups excluding carboxylic acids is 1. The SMILES string of the molecule is Cn1c(Nc2ccc(I)cc2F)c(C(=O)NOCCO)c(=O)n(C)c1=O. The van der Waals surface area contributed by atoms with E-state index in [4.69, 9.17) is 9.94 Å². The third kappa shape index (κ3) is 4.11. The van der Waals surface area contributed by atoms with Crippen LogP contribution in [0.15, 0.2) is 27.8 Å². The van der Waals surface area contributed by atoms with Gasteiger partial charge in [0, 0.05) is 17.7 Å². The Kier molecular flexibility index (Phi) is 6.50. The summed E-state index contributed by atoms with van der Waals surface area (Å²) in [7, 11) is 2.55. The highest BCUT2D eigenvalue weighted by molar-refractivity contribution is 14.1. The second kappa shape index (κ2) is 8.42. The zero-order chi connectivity index (χ0) is 19.4. The van der Waals surface area contributed by atoms with Gasteiger partial charge in [0.25, 0.3) is 11.5 Å². The maximum atomic E-state index is 14.1. The third-order valence-electron chi connectivity index (χ3n) is 3.43. The fourth-order valence-corrected chi connectivity index (χ4v) is 2.58. The summed E-state index contributed by atoms with van der Waals surface area (Å²) in [6.45, 7) is -0.531. The molecule has 1 aromatic heterocycles. The van der Waals surface area contributed by atoms with Crippen LogP contribution in [-0.4, -0.2) is 33.4 Å². The molecule has 0 radical (unpaired) electrons. The van der Waals surface area contributed by atoms with Gasteiger partial charge in [-0.1, -0.05) is 0 Å². The summed E-state index contributed by atoms with van der Waals surface area (Å²) in [4.78, 5) is 41.6. The minimum Gasteiger partial charge on any atom is -0.394 e. The normalized spacial score (nSPS) is 10.7. The minimum absolute atomic E-state index is 0.0148. The number of halogens is 2. The van der Waals surface area contributed by atoms with E-state index in [2.05, 4.69) is 5.32 Å². The molecule has 1 amide bonds. The molecule has 26 heavy (non-hydrogen) atoms. The van der Waals surface area contributed by atoms with Crippen LogP contribution in [0.3, 0.4) is 0 Å². The van der Waals surface area contributed by atoms with Crippen LogP contribution >= 0.6 is 22.6 Å². The molecule has 9 nitrogen and oxygen atoms in total. The summed E-state index contributed by atoms with van der Waals surface area (Å²) in [6.07, 6.45) is 0. The molecule has 0 saturated heterocycles. The Balaban J connectivity index is 2.57. The Bertz CT molecular complexity index is 956. The molecule has 11 heteroatoms. The van der Waals surface area contributed by atoms with Crippen molar-refractivity contribution in [1.82, 2.24) is 14.6 Å². The molecule has 1 heterocycles. The lowest BCUT2D eigenvalue weighted by molar-refractivity contribution is 0.0167. The minimum atomic E-state index is -0.942. The van der Waals surface area contributed by atoms with Crippen molar-refractivity contribution >= 4 is 40.0 Å². The number of aromatic nitrogens is 2. The number of hydrogen-bond donors (Lipinski definition) is 3. The van der Waals surface area contributed by atoms with Gasteiger partial charge in [-0.3, -0.25) is 23.6 Å². The van der Waals surface area contributed by atoms with Crippen molar-refractivity contribution in [1.29, 1.82) is 0 Å². The number of aliphatic hydroxyl groups excluding tert-OH is 1. The number of carbonyl (C=O) groups is 1. The fourth-order valence-electron chi connectivity index (χ4n) is 2.13. The second-order valence-corrected chi connectivity index (χ2v) is 6.43. The predicted octanol–water partition coefficient (Wildman–Crippen LogP) is 0.225. The van der Waals surface area contributed by atoms with Crippen LogP contribution in [-0.2, 0) is 18.9 Å². The van der Waals surface area contributed by atoms with Crippen LogP contribution in [0.1, 0.15) is 10.4 Å². The van der Waals surface area contributed by atoms with Crippen molar-refractivity contribution in [3.63, 3.8) is 0 Å². The lowest BCUT2D eigenvalue weighted by Crippen LogP contribution is -2.43. The molecule has 2 rings (SSSR count). The van der Waals surface area contributed by atoms with E-state index in [1.807, 2.05) is 28.1 Å². The molecule has 0 atom stereocenters. The van der Waals surface area contributed by atoms with Crippen molar-refractivity contribution in [3.8, 4) is 0 Å². The van der Waals surface area contributed by atoms with Crippen molar-refractivity contribution < 1.29 is 19.1 Å². The first-order valence-electron chi connectivity index (χ1n) is 7.33. The Labute approximate surface area is 160 Å². The van der Waals surface area contributed by atoms with Gasteiger partial charge in [0.1, 0.15) is 17.2 Å². The monoisotopic (exact) mass is 478 g/mol. The number of amides is 1. The topological polar surface area (TPSA) is 115 Å². The van der Waals surface area contributed by atoms with Crippen LogP contribution in [0.2, 0.25) is 0 Å². The molecular formula is C15H16FIN4O5. The molecule has 3 N–H and O–H groups in total. The highest BCUT2D eigenvalue weighted by Gasteiger charge is 2.23. The summed E-state index contributed by atoms with van der Waals surface area (Å²) in [5.41, 5.74) is -0.0329. The number of benzene rings is 1. The van der Waals surface area contributed by atoms with E-state index in [1.165, 1.54) is 26.2 Å². The quantitative estimate of drug-likeness (QED) is 0.311. The van der Waals surface area contributed by atoms with Crippen LogP contribution in [0.25, 0.3) is 0 Å². The molecule has 0 aliphatic heterocycles. The van der Waals surface area contributed by atoms with Gasteiger partial charge in [-0.25, -0.2) is 14.7 Å². The summed E-state index contributed by atoms with van der Waals surface area (Å²) >= 11 is 1.93. The first-order valence-corrected chi connectivity index (χ1v) is 8.41. The molecule has 0 spiro atoms.